The summed E-state index contributed by atoms with van der Waals surface area (Å²) in [6, 6.07) is 5.64. The van der Waals surface area contributed by atoms with Gasteiger partial charge in [-0.25, -0.2) is 9.36 Å². The summed E-state index contributed by atoms with van der Waals surface area (Å²) in [6.07, 6.45) is 3.17. The summed E-state index contributed by atoms with van der Waals surface area (Å²) in [4.78, 5) is 37.7. The maximum Gasteiger partial charge on any atom is 0.459 e. The van der Waals surface area contributed by atoms with Gasteiger partial charge in [-0.15, -0.1) is 0 Å². The number of aromatic amines is 1. The number of rotatable bonds is 9. The molecule has 0 bridgehead atoms. The second kappa shape index (κ2) is 10.6. The Morgan fingerprint density at radius 3 is 2.82 bits per heavy atom. The van der Waals surface area contributed by atoms with Crippen molar-refractivity contribution in [1.29, 1.82) is 0 Å². The first-order chi connectivity index (χ1) is 15.6. The minimum absolute atomic E-state index is 0.212. The zero-order chi connectivity index (χ0) is 24.2. The van der Waals surface area contributed by atoms with Crippen molar-refractivity contribution in [3.8, 4) is 5.75 Å². The van der Waals surface area contributed by atoms with Gasteiger partial charge in [0.1, 0.15) is 17.9 Å². The van der Waals surface area contributed by atoms with E-state index < -0.39 is 43.3 Å². The average Bonchev–Trinajstić information content (AvgIpc) is 3.23. The number of nitrogens with zero attached hydrogens (tertiary/aromatic N) is 1. The molecule has 0 spiro atoms. The molecule has 0 aliphatic carbocycles. The number of ether oxygens (including phenoxy) is 2. The molecule has 0 fully saturated rings. The molecule has 2 aromatic rings. The number of methoxy groups -OCH3 is 1. The molecule has 33 heavy (non-hydrogen) atoms. The molecule has 13 heteroatoms. The number of H-pyrrole nitrogens is 1. The summed E-state index contributed by atoms with van der Waals surface area (Å²) in [5.74, 6) is -0.408. The van der Waals surface area contributed by atoms with E-state index in [1.807, 2.05) is 0 Å². The van der Waals surface area contributed by atoms with Crippen LogP contribution >= 0.6 is 23.7 Å². The first kappa shape index (κ1) is 25.1. The van der Waals surface area contributed by atoms with Gasteiger partial charge in [-0.05, 0) is 38.1 Å². The van der Waals surface area contributed by atoms with E-state index in [2.05, 4.69) is 30.7 Å². The second-order valence-corrected chi connectivity index (χ2v) is 9.75. The van der Waals surface area contributed by atoms with Crippen LogP contribution in [0.3, 0.4) is 0 Å². The maximum atomic E-state index is 13.4. The molecule has 4 atom stereocenters. The normalized spacial score (nSPS) is 20.2. The van der Waals surface area contributed by atoms with Gasteiger partial charge in [-0.1, -0.05) is 28.1 Å². The minimum Gasteiger partial charge on any atom is -0.468 e. The van der Waals surface area contributed by atoms with E-state index in [9.17, 15) is 18.9 Å². The first-order valence-corrected chi connectivity index (χ1v) is 12.1. The fraction of sp³-hybridized carbons (Fsp3) is 0.350. The minimum atomic E-state index is -4.05. The van der Waals surface area contributed by atoms with E-state index in [0.717, 1.165) is 0 Å². The summed E-state index contributed by atoms with van der Waals surface area (Å²) in [5.41, 5.74) is -0.757. The third kappa shape index (κ3) is 6.52. The van der Waals surface area contributed by atoms with Gasteiger partial charge in [0.2, 0.25) is 0 Å². The largest absolute Gasteiger partial charge is 0.468 e. The Morgan fingerprint density at radius 2 is 2.12 bits per heavy atom. The van der Waals surface area contributed by atoms with Crippen molar-refractivity contribution in [3.05, 3.63) is 73.5 Å². The first-order valence-electron chi connectivity index (χ1n) is 9.81. The van der Waals surface area contributed by atoms with E-state index >= 15 is 0 Å². The van der Waals surface area contributed by atoms with Gasteiger partial charge in [0.25, 0.3) is 5.56 Å². The van der Waals surface area contributed by atoms with Crippen LogP contribution in [0.25, 0.3) is 0 Å². The van der Waals surface area contributed by atoms with Crippen LogP contribution in [0.15, 0.2) is 56.7 Å². The molecule has 0 saturated heterocycles. The lowest BCUT2D eigenvalue weighted by atomic mass is 10.3. The highest BCUT2D eigenvalue weighted by molar-refractivity contribution is 9.10. The van der Waals surface area contributed by atoms with E-state index in [1.54, 1.807) is 43.3 Å². The van der Waals surface area contributed by atoms with Crippen LogP contribution in [0.5, 0.6) is 5.75 Å². The summed E-state index contributed by atoms with van der Waals surface area (Å²) in [7, 11) is -2.85. The van der Waals surface area contributed by atoms with Crippen LogP contribution in [-0.4, -0.2) is 41.4 Å². The molecule has 11 nitrogen and oxygen atoms in total. The summed E-state index contributed by atoms with van der Waals surface area (Å²) < 4.78 is 36.9. The number of nitrogens with one attached hydrogen (secondary N) is 2. The van der Waals surface area contributed by atoms with Crippen LogP contribution < -0.4 is 20.9 Å². The smallest absolute Gasteiger partial charge is 0.459 e. The van der Waals surface area contributed by atoms with Crippen molar-refractivity contribution < 1.29 is 27.9 Å². The van der Waals surface area contributed by atoms with Gasteiger partial charge in [0.15, 0.2) is 6.23 Å². The van der Waals surface area contributed by atoms with Crippen molar-refractivity contribution in [3.63, 3.8) is 0 Å². The van der Waals surface area contributed by atoms with Crippen molar-refractivity contribution >= 4 is 29.6 Å². The lowest BCUT2D eigenvalue weighted by molar-refractivity contribution is -0.142. The average molecular weight is 544 g/mol. The number of esters is 1. The standard InChI is InChI=1S/C20H23BrN3O8P/c1-12-10-24(20(27)22-18(12)25)17-8-7-16(31-17)11-30-33(28,23-13(2)19(26)29-3)32-15-6-4-5-14(21)9-15/h4-10,13,16-17H,11H2,1-3H3,(H,23,28)(H,22,25,27)/t13-,16-,17+,33?/m0/s1. The van der Waals surface area contributed by atoms with E-state index in [1.165, 1.54) is 24.8 Å². The zero-order valence-corrected chi connectivity index (χ0v) is 20.5. The van der Waals surface area contributed by atoms with E-state index in [0.29, 0.717) is 10.0 Å². The molecule has 1 aliphatic heterocycles. The SMILES string of the molecule is COC(=O)[C@H](C)NP(=O)(OC[C@@H]1C=C[C@H](n2cc(C)c(=O)[nH]c2=O)O1)Oc1cccc(Br)c1. The monoisotopic (exact) mass is 543 g/mol. The summed E-state index contributed by atoms with van der Waals surface area (Å²) in [5, 5.41) is 2.55. The fourth-order valence-electron chi connectivity index (χ4n) is 2.91. The highest BCUT2D eigenvalue weighted by Gasteiger charge is 2.34. The van der Waals surface area contributed by atoms with Gasteiger partial charge < -0.3 is 14.0 Å². The molecule has 2 heterocycles. The number of benzene rings is 1. The molecule has 2 N–H and O–H groups in total. The fourth-order valence-corrected chi connectivity index (χ4v) is 4.78. The highest BCUT2D eigenvalue weighted by Crippen LogP contribution is 2.45. The third-order valence-electron chi connectivity index (χ3n) is 4.56. The zero-order valence-electron chi connectivity index (χ0n) is 18.0. The highest BCUT2D eigenvalue weighted by atomic mass is 79.9. The Bertz CT molecular complexity index is 1210. The lowest BCUT2D eigenvalue weighted by Gasteiger charge is -2.24. The molecule has 3 rings (SSSR count). The van der Waals surface area contributed by atoms with Crippen LogP contribution in [0.4, 0.5) is 0 Å². The number of carbonyl (C=O) groups excluding carboxylic acids is 1. The Balaban J connectivity index is 1.71. The molecule has 0 amide bonds. The Morgan fingerprint density at radius 1 is 1.36 bits per heavy atom. The summed E-state index contributed by atoms with van der Waals surface area (Å²) in [6.45, 7) is 2.81. The van der Waals surface area contributed by atoms with Gasteiger partial charge in [-0.2, -0.15) is 5.09 Å². The Hall–Kier alpha value is -2.50. The van der Waals surface area contributed by atoms with Crippen molar-refractivity contribution in [2.45, 2.75) is 32.2 Å². The molecule has 0 saturated carbocycles. The third-order valence-corrected chi connectivity index (χ3v) is 6.70. The molecule has 178 valence electrons. The number of aryl methyl sites for hydroxylation is 1. The molecular weight excluding hydrogens is 521 g/mol. The lowest BCUT2D eigenvalue weighted by Crippen LogP contribution is -2.35. The predicted molar refractivity (Wildman–Crippen MR) is 122 cm³/mol. The van der Waals surface area contributed by atoms with Crippen LogP contribution in [0.2, 0.25) is 0 Å². The number of hydrogen-bond donors (Lipinski definition) is 2. The molecule has 0 radical (unpaired) electrons. The molecule has 1 unspecified atom stereocenters. The van der Waals surface area contributed by atoms with Gasteiger partial charge in [0, 0.05) is 16.2 Å². The van der Waals surface area contributed by atoms with E-state index in [4.69, 9.17) is 13.8 Å². The second-order valence-electron chi connectivity index (χ2n) is 7.14. The van der Waals surface area contributed by atoms with Crippen LogP contribution in [0.1, 0.15) is 18.7 Å². The van der Waals surface area contributed by atoms with Gasteiger partial charge in [0.05, 0.1) is 13.7 Å². The Kier molecular flexibility index (Phi) is 8.09. The predicted octanol–water partition coefficient (Wildman–Crippen LogP) is 2.42. The van der Waals surface area contributed by atoms with E-state index in [-0.39, 0.29) is 12.4 Å². The van der Waals surface area contributed by atoms with Crippen molar-refractivity contribution in [1.82, 2.24) is 14.6 Å². The van der Waals surface area contributed by atoms with Gasteiger partial charge in [-0.3, -0.25) is 23.7 Å². The van der Waals surface area contributed by atoms with Gasteiger partial charge >= 0.3 is 19.4 Å². The Labute approximate surface area is 197 Å². The molecular formula is C20H23BrN3O8P. The molecule has 1 aromatic heterocycles. The number of hydrogen-bond acceptors (Lipinski definition) is 8. The van der Waals surface area contributed by atoms with Crippen molar-refractivity contribution in [2.24, 2.45) is 0 Å². The summed E-state index contributed by atoms with van der Waals surface area (Å²) >= 11 is 3.31. The topological polar surface area (TPSA) is 138 Å². The maximum absolute atomic E-state index is 13.4. The molecule has 1 aromatic carbocycles. The molecule has 1 aliphatic rings. The van der Waals surface area contributed by atoms with Crippen LogP contribution in [0, 0.1) is 6.92 Å². The van der Waals surface area contributed by atoms with Crippen molar-refractivity contribution in [2.75, 3.05) is 13.7 Å². The van der Waals surface area contributed by atoms with Crippen LogP contribution in [-0.2, 0) is 23.4 Å². The number of carbonyl (C=O) groups is 1. The number of halogens is 1. The number of aromatic nitrogens is 2. The quantitative estimate of drug-likeness (QED) is 0.277.